The number of para-hydroxylation sites is 1. The second-order valence-electron chi connectivity index (χ2n) is 7.88. The Morgan fingerprint density at radius 1 is 0.824 bits per heavy atom. The molecule has 34 heavy (non-hydrogen) atoms. The van der Waals surface area contributed by atoms with E-state index in [2.05, 4.69) is 0 Å². The van der Waals surface area contributed by atoms with Gasteiger partial charge in [-0.2, -0.15) is 13.2 Å². The lowest BCUT2D eigenvalue weighted by molar-refractivity contribution is -0.137. The van der Waals surface area contributed by atoms with Crippen molar-refractivity contribution in [1.29, 1.82) is 0 Å². The Morgan fingerprint density at radius 2 is 1.53 bits per heavy atom. The van der Waals surface area contributed by atoms with Gasteiger partial charge in [-0.1, -0.05) is 53.5 Å². The largest absolute Gasteiger partial charge is 0.416 e. The van der Waals surface area contributed by atoms with Crippen LogP contribution in [0, 0.1) is 5.92 Å². The average molecular weight is 507 g/mol. The molecule has 5 nitrogen and oxygen atoms in total. The Labute approximate surface area is 202 Å². The van der Waals surface area contributed by atoms with E-state index >= 15 is 0 Å². The number of nitrogens with zero attached hydrogens (tertiary/aromatic N) is 2. The third-order valence-electron chi connectivity index (χ3n) is 5.84. The predicted molar refractivity (Wildman–Crippen MR) is 120 cm³/mol. The van der Waals surface area contributed by atoms with E-state index < -0.39 is 41.6 Å². The Balaban J connectivity index is 1.59. The van der Waals surface area contributed by atoms with Crippen molar-refractivity contribution in [1.82, 2.24) is 0 Å². The molecule has 2 heterocycles. The number of rotatable bonds is 3. The van der Waals surface area contributed by atoms with Crippen molar-refractivity contribution in [2.75, 3.05) is 9.96 Å². The number of benzene rings is 3. The highest BCUT2D eigenvalue weighted by Gasteiger charge is 2.60. The highest BCUT2D eigenvalue weighted by molar-refractivity contribution is 6.35. The zero-order valence-corrected chi connectivity index (χ0v) is 18.7. The summed E-state index contributed by atoms with van der Waals surface area (Å²) >= 11 is 12.5. The minimum absolute atomic E-state index is 0.171. The van der Waals surface area contributed by atoms with Gasteiger partial charge < -0.3 is 0 Å². The van der Waals surface area contributed by atoms with Crippen LogP contribution in [0.2, 0.25) is 10.0 Å². The lowest BCUT2D eigenvalue weighted by Crippen LogP contribution is -2.37. The summed E-state index contributed by atoms with van der Waals surface area (Å²) in [7, 11) is 0. The molecule has 174 valence electrons. The number of carbonyl (C=O) groups excluding carboxylic acids is 2. The quantitative estimate of drug-likeness (QED) is 0.405. The maximum atomic E-state index is 13.5. The fourth-order valence-corrected chi connectivity index (χ4v) is 4.87. The summed E-state index contributed by atoms with van der Waals surface area (Å²) in [5.41, 5.74) is -0.0598. The lowest BCUT2D eigenvalue weighted by Gasteiger charge is -2.29. The van der Waals surface area contributed by atoms with Crippen LogP contribution in [0.1, 0.15) is 17.2 Å². The molecule has 2 saturated heterocycles. The molecule has 2 aliphatic heterocycles. The van der Waals surface area contributed by atoms with Crippen LogP contribution in [-0.2, 0) is 20.6 Å². The van der Waals surface area contributed by atoms with Crippen LogP contribution in [0.5, 0.6) is 0 Å². The number of amides is 2. The molecule has 2 fully saturated rings. The molecule has 0 saturated carbocycles. The van der Waals surface area contributed by atoms with Gasteiger partial charge in [0.05, 0.1) is 23.0 Å². The summed E-state index contributed by atoms with van der Waals surface area (Å²) in [5, 5.41) is 2.10. The zero-order valence-electron chi connectivity index (χ0n) is 17.2. The molecule has 0 aliphatic carbocycles. The van der Waals surface area contributed by atoms with Gasteiger partial charge in [0.15, 0.2) is 6.10 Å². The molecule has 0 N–H and O–H groups in total. The molecule has 0 bridgehead atoms. The first-order valence-electron chi connectivity index (χ1n) is 10.2. The fraction of sp³-hybridized carbons (Fsp3) is 0.167. The number of imide groups is 1. The van der Waals surface area contributed by atoms with Crippen LogP contribution >= 0.6 is 23.2 Å². The molecule has 0 radical (unpaired) electrons. The van der Waals surface area contributed by atoms with Crippen molar-refractivity contribution in [2.24, 2.45) is 5.92 Å². The zero-order chi connectivity index (χ0) is 24.2. The summed E-state index contributed by atoms with van der Waals surface area (Å²) in [6.45, 7) is 0. The summed E-state index contributed by atoms with van der Waals surface area (Å²) < 4.78 is 39.7. The third kappa shape index (κ3) is 3.72. The lowest BCUT2D eigenvalue weighted by atomic mass is 9.90. The van der Waals surface area contributed by atoms with E-state index in [1.807, 2.05) is 0 Å². The minimum Gasteiger partial charge on any atom is -0.273 e. The van der Waals surface area contributed by atoms with E-state index in [-0.39, 0.29) is 10.7 Å². The number of halogens is 5. The van der Waals surface area contributed by atoms with Crippen molar-refractivity contribution in [3.8, 4) is 0 Å². The predicted octanol–water partition coefficient (Wildman–Crippen LogP) is 6.06. The maximum absolute atomic E-state index is 13.5. The Kier molecular flexibility index (Phi) is 5.55. The summed E-state index contributed by atoms with van der Waals surface area (Å²) in [4.78, 5) is 33.5. The molecule has 0 aromatic heterocycles. The fourth-order valence-electron chi connectivity index (χ4n) is 4.35. The summed E-state index contributed by atoms with van der Waals surface area (Å²) in [6, 6.07) is 16.9. The maximum Gasteiger partial charge on any atom is 0.416 e. The molecular formula is C24H15Cl2F3N2O3. The first kappa shape index (κ1) is 22.7. The molecular weight excluding hydrogens is 492 g/mol. The smallest absolute Gasteiger partial charge is 0.273 e. The number of hydroxylamine groups is 1. The number of carbonyl (C=O) groups is 2. The van der Waals surface area contributed by atoms with Crippen molar-refractivity contribution >= 4 is 46.4 Å². The second-order valence-corrected chi connectivity index (χ2v) is 8.73. The van der Waals surface area contributed by atoms with Gasteiger partial charge in [-0.3, -0.25) is 14.4 Å². The molecule has 3 aromatic rings. The first-order chi connectivity index (χ1) is 16.2. The topological polar surface area (TPSA) is 49.9 Å². The van der Waals surface area contributed by atoms with Crippen molar-refractivity contribution in [3.05, 3.63) is 94.0 Å². The monoisotopic (exact) mass is 506 g/mol. The molecule has 10 heteroatoms. The van der Waals surface area contributed by atoms with E-state index in [9.17, 15) is 22.8 Å². The molecule has 5 rings (SSSR count). The van der Waals surface area contributed by atoms with Crippen LogP contribution in [0.25, 0.3) is 0 Å². The molecule has 2 aliphatic rings. The van der Waals surface area contributed by atoms with Gasteiger partial charge in [0.1, 0.15) is 5.92 Å². The summed E-state index contributed by atoms with van der Waals surface area (Å²) in [6.07, 6.45) is -5.86. The molecule has 3 aromatic carbocycles. The van der Waals surface area contributed by atoms with Crippen molar-refractivity contribution in [2.45, 2.75) is 18.3 Å². The van der Waals surface area contributed by atoms with E-state index in [0.29, 0.717) is 16.3 Å². The van der Waals surface area contributed by atoms with Gasteiger partial charge in [-0.05, 0) is 48.0 Å². The summed E-state index contributed by atoms with van der Waals surface area (Å²) in [5.74, 6) is -2.47. The van der Waals surface area contributed by atoms with Gasteiger partial charge in [-0.15, -0.1) is 0 Å². The molecule has 0 unspecified atom stereocenters. The highest BCUT2D eigenvalue weighted by atomic mass is 35.5. The van der Waals surface area contributed by atoms with Crippen LogP contribution < -0.4 is 9.96 Å². The number of anilines is 2. The van der Waals surface area contributed by atoms with E-state index in [1.165, 1.54) is 17.2 Å². The van der Waals surface area contributed by atoms with Crippen LogP contribution in [0.15, 0.2) is 72.8 Å². The van der Waals surface area contributed by atoms with Gasteiger partial charge in [0.2, 0.25) is 5.91 Å². The minimum atomic E-state index is -4.63. The van der Waals surface area contributed by atoms with Crippen molar-refractivity contribution < 1.29 is 27.6 Å². The number of fused-ring (bicyclic) bond motifs is 1. The Hall–Kier alpha value is -3.07. The SMILES string of the molecule is O=C1[C@@H]2[C@@H](ON(c3ccccc3)[C@H]2c2ccc(Cl)cc2Cl)C(=O)N1c1cccc(C(F)(F)F)c1. The van der Waals surface area contributed by atoms with Crippen LogP contribution in [0.3, 0.4) is 0 Å². The van der Waals surface area contributed by atoms with Crippen LogP contribution in [0.4, 0.5) is 24.5 Å². The Bertz CT molecular complexity index is 1290. The Morgan fingerprint density at radius 3 is 2.21 bits per heavy atom. The average Bonchev–Trinajstić information content (AvgIpc) is 3.30. The molecule has 2 amide bonds. The normalized spacial score (nSPS) is 22.4. The third-order valence-corrected chi connectivity index (χ3v) is 6.40. The van der Waals surface area contributed by atoms with Crippen LogP contribution in [-0.4, -0.2) is 17.9 Å². The van der Waals surface area contributed by atoms with E-state index in [4.69, 9.17) is 28.0 Å². The van der Waals surface area contributed by atoms with Gasteiger partial charge in [-0.25, -0.2) is 9.96 Å². The first-order valence-corrected chi connectivity index (χ1v) is 10.9. The number of alkyl halides is 3. The van der Waals surface area contributed by atoms with Gasteiger partial charge in [0.25, 0.3) is 5.91 Å². The second kappa shape index (κ2) is 8.30. The number of hydrogen-bond donors (Lipinski definition) is 0. The van der Waals surface area contributed by atoms with Crippen molar-refractivity contribution in [3.63, 3.8) is 0 Å². The number of hydrogen-bond acceptors (Lipinski definition) is 4. The molecule has 0 spiro atoms. The standard InChI is InChI=1S/C24H15Cl2F3N2O3/c25-14-9-10-17(18(26)12-14)20-19-21(34-31(20)15-6-2-1-3-7-15)23(33)30(22(19)32)16-8-4-5-13(11-16)24(27,28)29/h1-12,19-21H/t19-,20-,21+/m0/s1. The van der Waals surface area contributed by atoms with Gasteiger partial charge in [0, 0.05) is 10.0 Å². The highest BCUT2D eigenvalue weighted by Crippen LogP contribution is 2.49. The van der Waals surface area contributed by atoms with E-state index in [0.717, 1.165) is 23.1 Å². The van der Waals surface area contributed by atoms with E-state index in [1.54, 1.807) is 42.5 Å². The van der Waals surface area contributed by atoms with Gasteiger partial charge >= 0.3 is 6.18 Å². The molecule has 3 atom stereocenters.